The molecule has 0 unspecified atom stereocenters. The van der Waals surface area contributed by atoms with Gasteiger partial charge in [-0.05, 0) is 57.0 Å². The first-order valence-corrected chi connectivity index (χ1v) is 12.4. The van der Waals surface area contributed by atoms with Gasteiger partial charge >= 0.3 is 0 Å². The van der Waals surface area contributed by atoms with Crippen molar-refractivity contribution in [3.63, 3.8) is 0 Å². The van der Waals surface area contributed by atoms with Gasteiger partial charge in [0.15, 0.2) is 0 Å². The van der Waals surface area contributed by atoms with Crippen molar-refractivity contribution in [2.75, 3.05) is 44.7 Å². The number of nitrogens with one attached hydrogen (secondary N) is 1. The molecule has 1 N–H and O–H groups in total. The van der Waals surface area contributed by atoms with Crippen LogP contribution in [0.3, 0.4) is 0 Å². The molecule has 0 spiro atoms. The van der Waals surface area contributed by atoms with Gasteiger partial charge in [-0.2, -0.15) is 0 Å². The van der Waals surface area contributed by atoms with Gasteiger partial charge in [0, 0.05) is 50.3 Å². The summed E-state index contributed by atoms with van der Waals surface area (Å²) >= 11 is 6.02. The number of carbonyl (C=O) groups excluding carboxylic acids is 1. The molecule has 4 rings (SSSR count). The van der Waals surface area contributed by atoms with E-state index in [0.29, 0.717) is 17.8 Å². The van der Waals surface area contributed by atoms with Crippen molar-refractivity contribution in [1.82, 2.24) is 25.1 Å². The minimum atomic E-state index is -0.198. The Labute approximate surface area is 202 Å². The Morgan fingerprint density at radius 3 is 2.52 bits per heavy atom. The summed E-state index contributed by atoms with van der Waals surface area (Å²) in [5.41, 5.74) is 2.52. The summed E-state index contributed by atoms with van der Waals surface area (Å²) in [6, 6.07) is 9.37. The number of benzene rings is 1. The molecule has 3 heterocycles. The molecule has 1 atom stereocenters. The zero-order chi connectivity index (χ0) is 23.4. The maximum Gasteiger partial charge on any atom is 0.271 e. The van der Waals surface area contributed by atoms with Crippen LogP contribution in [0.25, 0.3) is 0 Å². The smallest absolute Gasteiger partial charge is 0.271 e. The van der Waals surface area contributed by atoms with Crippen LogP contribution < -0.4 is 10.2 Å². The zero-order valence-electron chi connectivity index (χ0n) is 19.9. The van der Waals surface area contributed by atoms with Gasteiger partial charge in [0.1, 0.15) is 11.5 Å². The number of nitrogens with zero attached hydrogens (tertiary/aromatic N) is 5. The van der Waals surface area contributed by atoms with Gasteiger partial charge in [0.25, 0.3) is 5.91 Å². The molecular formula is C25H35ClN6O. The van der Waals surface area contributed by atoms with Crippen LogP contribution in [-0.4, -0.2) is 77.5 Å². The van der Waals surface area contributed by atoms with Gasteiger partial charge in [0.05, 0.1) is 11.9 Å². The summed E-state index contributed by atoms with van der Waals surface area (Å²) in [5, 5.41) is 3.41. The lowest BCUT2D eigenvalue weighted by Crippen LogP contribution is -2.58. The molecule has 0 bridgehead atoms. The lowest BCUT2D eigenvalue weighted by molar-refractivity contribution is 0.0610. The third kappa shape index (κ3) is 5.65. The summed E-state index contributed by atoms with van der Waals surface area (Å²) in [6.07, 6.45) is 5.13. The van der Waals surface area contributed by atoms with E-state index < -0.39 is 0 Å². The van der Waals surface area contributed by atoms with E-state index in [-0.39, 0.29) is 5.91 Å². The molecule has 7 nitrogen and oxygen atoms in total. The van der Waals surface area contributed by atoms with Crippen molar-refractivity contribution < 1.29 is 4.79 Å². The normalized spacial score (nSPS) is 20.7. The molecule has 2 fully saturated rings. The van der Waals surface area contributed by atoms with Gasteiger partial charge in [-0.1, -0.05) is 30.7 Å². The Morgan fingerprint density at radius 1 is 1.15 bits per heavy atom. The van der Waals surface area contributed by atoms with E-state index in [4.69, 9.17) is 11.6 Å². The van der Waals surface area contributed by atoms with Gasteiger partial charge in [-0.3, -0.25) is 14.6 Å². The quantitative estimate of drug-likeness (QED) is 0.698. The fourth-order valence-electron chi connectivity index (χ4n) is 5.19. The van der Waals surface area contributed by atoms with E-state index in [1.54, 1.807) is 13.2 Å². The van der Waals surface area contributed by atoms with Crippen LogP contribution in [0, 0.1) is 6.92 Å². The van der Waals surface area contributed by atoms with Crippen molar-refractivity contribution in [3.05, 3.63) is 52.4 Å². The predicted molar refractivity (Wildman–Crippen MR) is 133 cm³/mol. The summed E-state index contributed by atoms with van der Waals surface area (Å²) < 4.78 is 0. The van der Waals surface area contributed by atoms with Gasteiger partial charge in [-0.15, -0.1) is 0 Å². The Morgan fingerprint density at radius 2 is 1.88 bits per heavy atom. The van der Waals surface area contributed by atoms with Gasteiger partial charge in [-0.25, -0.2) is 9.97 Å². The Bertz CT molecular complexity index is 944. The molecule has 0 saturated carbocycles. The lowest BCUT2D eigenvalue weighted by Gasteiger charge is -2.47. The van der Waals surface area contributed by atoms with Crippen LogP contribution in [0.2, 0.25) is 5.02 Å². The first-order chi connectivity index (χ1) is 16.0. The Kier molecular flexibility index (Phi) is 7.83. The monoisotopic (exact) mass is 470 g/mol. The minimum absolute atomic E-state index is 0.198. The number of aryl methyl sites for hydroxylation is 1. The van der Waals surface area contributed by atoms with E-state index in [9.17, 15) is 4.79 Å². The molecular weight excluding hydrogens is 436 g/mol. The number of anilines is 1. The molecule has 1 aromatic heterocycles. The van der Waals surface area contributed by atoms with Crippen LogP contribution in [0.15, 0.2) is 30.5 Å². The maximum absolute atomic E-state index is 11.9. The topological polar surface area (TPSA) is 64.6 Å². The molecule has 8 heteroatoms. The van der Waals surface area contributed by atoms with Gasteiger partial charge in [0.2, 0.25) is 0 Å². The summed E-state index contributed by atoms with van der Waals surface area (Å²) in [7, 11) is 1.61. The molecule has 0 aliphatic carbocycles. The number of hydrogen-bond donors (Lipinski definition) is 1. The molecule has 33 heavy (non-hydrogen) atoms. The molecule has 1 aromatic carbocycles. The zero-order valence-corrected chi connectivity index (χ0v) is 20.7. The average Bonchev–Trinajstić information content (AvgIpc) is 2.85. The van der Waals surface area contributed by atoms with E-state index in [1.807, 2.05) is 19.1 Å². The molecule has 2 aliphatic heterocycles. The Balaban J connectivity index is 1.34. The number of piperidine rings is 1. The first kappa shape index (κ1) is 23.9. The predicted octanol–water partition coefficient (Wildman–Crippen LogP) is 3.36. The fourth-order valence-corrected chi connectivity index (χ4v) is 5.31. The largest absolute Gasteiger partial charge is 0.354 e. The second kappa shape index (κ2) is 10.8. The van der Waals surface area contributed by atoms with Crippen LogP contribution in [-0.2, 0) is 6.54 Å². The number of aromatic nitrogens is 2. The second-order valence-corrected chi connectivity index (χ2v) is 9.56. The van der Waals surface area contributed by atoms with Crippen molar-refractivity contribution in [2.45, 2.75) is 51.7 Å². The summed E-state index contributed by atoms with van der Waals surface area (Å²) in [4.78, 5) is 28.6. The summed E-state index contributed by atoms with van der Waals surface area (Å²) in [5.74, 6) is 0.703. The highest BCUT2D eigenvalue weighted by molar-refractivity contribution is 6.30. The lowest BCUT2D eigenvalue weighted by atomic mass is 9.97. The second-order valence-electron chi connectivity index (χ2n) is 9.12. The maximum atomic E-state index is 11.9. The molecule has 2 aliphatic rings. The van der Waals surface area contributed by atoms with E-state index >= 15 is 0 Å². The van der Waals surface area contributed by atoms with Crippen molar-refractivity contribution in [1.29, 1.82) is 0 Å². The highest BCUT2D eigenvalue weighted by Crippen LogP contribution is 2.27. The van der Waals surface area contributed by atoms with Crippen LogP contribution in [0.4, 0.5) is 5.82 Å². The molecule has 2 aromatic rings. The molecule has 0 radical (unpaired) electrons. The molecule has 1 amide bonds. The van der Waals surface area contributed by atoms with Crippen LogP contribution in [0.5, 0.6) is 0 Å². The number of amides is 1. The van der Waals surface area contributed by atoms with Crippen molar-refractivity contribution >= 4 is 23.3 Å². The van der Waals surface area contributed by atoms with E-state index in [0.717, 1.165) is 62.2 Å². The highest BCUT2D eigenvalue weighted by Gasteiger charge is 2.34. The van der Waals surface area contributed by atoms with E-state index in [2.05, 4.69) is 49.0 Å². The number of piperazine rings is 1. The fraction of sp³-hybridized carbons (Fsp3) is 0.560. The number of rotatable bonds is 6. The Hall–Kier alpha value is -2.22. The number of likely N-dealkylation sites (tertiary alicyclic amines) is 1. The van der Waals surface area contributed by atoms with Crippen molar-refractivity contribution in [3.8, 4) is 0 Å². The highest BCUT2D eigenvalue weighted by atomic mass is 35.5. The third-order valence-corrected chi connectivity index (χ3v) is 7.28. The number of carbonyl (C=O) groups is 1. The third-order valence-electron chi connectivity index (χ3n) is 7.03. The van der Waals surface area contributed by atoms with Gasteiger partial charge < -0.3 is 10.2 Å². The van der Waals surface area contributed by atoms with Crippen LogP contribution >= 0.6 is 11.6 Å². The van der Waals surface area contributed by atoms with Crippen LogP contribution in [0.1, 0.15) is 47.9 Å². The number of hydrogen-bond acceptors (Lipinski definition) is 6. The SMILES string of the molecule is CC[C@H]1CN(c2ncc(C(=O)NC)nc2C)CCN1C1CCN(Cc2ccc(Cl)cc2)CC1. The molecule has 2 saturated heterocycles. The molecule has 178 valence electrons. The average molecular weight is 471 g/mol. The minimum Gasteiger partial charge on any atom is -0.354 e. The van der Waals surface area contributed by atoms with Crippen molar-refractivity contribution in [2.24, 2.45) is 0 Å². The van der Waals surface area contributed by atoms with E-state index in [1.165, 1.54) is 18.4 Å². The number of halogens is 1. The first-order valence-electron chi connectivity index (χ1n) is 12.0. The standard InChI is InChI=1S/C25H35ClN6O/c1-4-21-17-31(24-18(2)29-23(15-28-24)25(33)27-3)13-14-32(21)22-9-11-30(12-10-22)16-19-5-7-20(26)8-6-19/h5-8,15,21-22H,4,9-14,16-17H2,1-3H3,(H,27,33)/t21-/m0/s1. The summed E-state index contributed by atoms with van der Waals surface area (Å²) in [6.45, 7) is 10.4.